The normalized spacial score (nSPS) is 16.4. The lowest BCUT2D eigenvalue weighted by atomic mass is 10.2. The molecule has 0 radical (unpaired) electrons. The molecule has 0 bridgehead atoms. The summed E-state index contributed by atoms with van der Waals surface area (Å²) in [6, 6.07) is 4.04. The summed E-state index contributed by atoms with van der Waals surface area (Å²) in [5.41, 5.74) is 2.29. The van der Waals surface area contributed by atoms with Gasteiger partial charge < -0.3 is 4.57 Å². The van der Waals surface area contributed by atoms with Crippen LogP contribution in [0.15, 0.2) is 16.9 Å². The molecule has 1 aromatic rings. The van der Waals surface area contributed by atoms with E-state index in [1.165, 1.54) is 18.5 Å². The highest BCUT2D eigenvalue weighted by molar-refractivity contribution is 5.15. The Hall–Kier alpha value is -1.05. The Balaban J connectivity index is 2.54. The van der Waals surface area contributed by atoms with Crippen LogP contribution in [0.25, 0.3) is 0 Å². The molecule has 0 saturated carbocycles. The number of hydrogen-bond acceptors (Lipinski definition) is 1. The van der Waals surface area contributed by atoms with Crippen LogP contribution in [0, 0.1) is 6.92 Å². The van der Waals surface area contributed by atoms with Gasteiger partial charge in [-0.25, -0.2) is 0 Å². The highest BCUT2D eigenvalue weighted by atomic mass is 16.1. The number of nitrogens with zero attached hydrogens (tertiary/aromatic N) is 1. The first-order valence-electron chi connectivity index (χ1n) is 4.98. The van der Waals surface area contributed by atoms with E-state index < -0.39 is 0 Å². The van der Waals surface area contributed by atoms with Gasteiger partial charge in [-0.05, 0) is 32.3 Å². The number of fused-ring (bicyclic) bond motifs is 1. The lowest BCUT2D eigenvalue weighted by Gasteiger charge is -2.09. The van der Waals surface area contributed by atoms with Crippen molar-refractivity contribution in [2.24, 2.45) is 0 Å². The van der Waals surface area contributed by atoms with E-state index in [1.807, 2.05) is 17.6 Å². The number of aromatic nitrogens is 1. The number of aryl methyl sites for hydroxylation is 2. The quantitative estimate of drug-likeness (QED) is 0.593. The SMILES string of the molecule is Cc1ccc2n(c1=O)CCCCC2. The third kappa shape index (κ3) is 1.53. The van der Waals surface area contributed by atoms with Crippen molar-refractivity contribution in [3.63, 3.8) is 0 Å². The summed E-state index contributed by atoms with van der Waals surface area (Å²) in [5, 5.41) is 0. The molecule has 13 heavy (non-hydrogen) atoms. The van der Waals surface area contributed by atoms with Crippen LogP contribution in [0.2, 0.25) is 0 Å². The van der Waals surface area contributed by atoms with Crippen molar-refractivity contribution >= 4 is 0 Å². The van der Waals surface area contributed by atoms with Gasteiger partial charge in [0.2, 0.25) is 0 Å². The zero-order chi connectivity index (χ0) is 9.26. The predicted octanol–water partition coefficient (Wildman–Crippen LogP) is 1.88. The molecule has 1 aliphatic heterocycles. The smallest absolute Gasteiger partial charge is 0.253 e. The van der Waals surface area contributed by atoms with Crippen LogP contribution in [-0.4, -0.2) is 4.57 Å². The van der Waals surface area contributed by atoms with Gasteiger partial charge in [-0.15, -0.1) is 0 Å². The Morgan fingerprint density at radius 3 is 2.92 bits per heavy atom. The van der Waals surface area contributed by atoms with Crippen LogP contribution in [0.3, 0.4) is 0 Å². The van der Waals surface area contributed by atoms with Crippen molar-refractivity contribution < 1.29 is 0 Å². The zero-order valence-corrected chi connectivity index (χ0v) is 8.05. The molecule has 0 spiro atoms. The minimum atomic E-state index is 0.208. The fourth-order valence-electron chi connectivity index (χ4n) is 1.94. The summed E-state index contributed by atoms with van der Waals surface area (Å²) in [6.07, 6.45) is 4.69. The van der Waals surface area contributed by atoms with Crippen LogP contribution in [0.4, 0.5) is 0 Å². The van der Waals surface area contributed by atoms with Crippen molar-refractivity contribution in [1.82, 2.24) is 4.57 Å². The minimum Gasteiger partial charge on any atom is -0.312 e. The molecule has 0 saturated heterocycles. The molecule has 0 unspecified atom stereocenters. The maximum atomic E-state index is 11.7. The topological polar surface area (TPSA) is 22.0 Å². The molecular formula is C11H15NO. The molecule has 2 heteroatoms. The lowest BCUT2D eigenvalue weighted by Crippen LogP contribution is -2.24. The highest BCUT2D eigenvalue weighted by Crippen LogP contribution is 2.12. The lowest BCUT2D eigenvalue weighted by molar-refractivity contribution is 0.615. The average molecular weight is 177 g/mol. The monoisotopic (exact) mass is 177 g/mol. The molecular weight excluding hydrogens is 162 g/mol. The van der Waals surface area contributed by atoms with Crippen molar-refractivity contribution in [3.05, 3.63) is 33.7 Å². The van der Waals surface area contributed by atoms with E-state index in [-0.39, 0.29) is 5.56 Å². The fraction of sp³-hybridized carbons (Fsp3) is 0.545. The summed E-state index contributed by atoms with van der Waals surface area (Å²) < 4.78 is 1.95. The molecule has 2 heterocycles. The molecule has 0 aromatic carbocycles. The molecule has 1 aromatic heterocycles. The summed E-state index contributed by atoms with van der Waals surface area (Å²) >= 11 is 0. The Morgan fingerprint density at radius 2 is 2.08 bits per heavy atom. The number of rotatable bonds is 0. The van der Waals surface area contributed by atoms with Gasteiger partial charge in [0.15, 0.2) is 0 Å². The maximum absolute atomic E-state index is 11.7. The van der Waals surface area contributed by atoms with E-state index >= 15 is 0 Å². The largest absolute Gasteiger partial charge is 0.312 e. The van der Waals surface area contributed by atoms with E-state index in [4.69, 9.17) is 0 Å². The molecule has 70 valence electrons. The summed E-state index contributed by atoms with van der Waals surface area (Å²) in [5.74, 6) is 0. The van der Waals surface area contributed by atoms with Gasteiger partial charge in [0.1, 0.15) is 0 Å². The van der Waals surface area contributed by atoms with E-state index in [0.29, 0.717) is 0 Å². The maximum Gasteiger partial charge on any atom is 0.253 e. The second kappa shape index (κ2) is 3.36. The number of hydrogen-bond donors (Lipinski definition) is 0. The van der Waals surface area contributed by atoms with E-state index in [2.05, 4.69) is 6.07 Å². The van der Waals surface area contributed by atoms with Gasteiger partial charge in [0.25, 0.3) is 5.56 Å². The van der Waals surface area contributed by atoms with Gasteiger partial charge in [0.05, 0.1) is 0 Å². The summed E-state index contributed by atoms with van der Waals surface area (Å²) in [7, 11) is 0. The molecule has 2 rings (SSSR count). The molecule has 2 nitrogen and oxygen atoms in total. The van der Waals surface area contributed by atoms with Gasteiger partial charge in [-0.2, -0.15) is 0 Å². The molecule has 0 N–H and O–H groups in total. The third-order valence-corrected chi connectivity index (χ3v) is 2.77. The third-order valence-electron chi connectivity index (χ3n) is 2.77. The Labute approximate surface area is 78.2 Å². The summed E-state index contributed by atoms with van der Waals surface area (Å²) in [4.78, 5) is 11.7. The fourth-order valence-corrected chi connectivity index (χ4v) is 1.94. The molecule has 0 amide bonds. The van der Waals surface area contributed by atoms with Crippen molar-refractivity contribution in [1.29, 1.82) is 0 Å². The first-order chi connectivity index (χ1) is 6.29. The van der Waals surface area contributed by atoms with E-state index in [0.717, 1.165) is 24.9 Å². The van der Waals surface area contributed by atoms with E-state index in [9.17, 15) is 4.79 Å². The zero-order valence-electron chi connectivity index (χ0n) is 8.05. The van der Waals surface area contributed by atoms with Crippen LogP contribution in [0.1, 0.15) is 30.5 Å². The van der Waals surface area contributed by atoms with Crippen LogP contribution < -0.4 is 5.56 Å². The Kier molecular flexibility index (Phi) is 2.21. The second-order valence-corrected chi connectivity index (χ2v) is 3.78. The van der Waals surface area contributed by atoms with Crippen molar-refractivity contribution in [3.8, 4) is 0 Å². The summed E-state index contributed by atoms with van der Waals surface area (Å²) in [6.45, 7) is 2.80. The van der Waals surface area contributed by atoms with Crippen molar-refractivity contribution in [2.45, 2.75) is 39.2 Å². The van der Waals surface area contributed by atoms with Crippen LogP contribution in [-0.2, 0) is 13.0 Å². The first kappa shape index (κ1) is 8.54. The van der Waals surface area contributed by atoms with Crippen molar-refractivity contribution in [2.75, 3.05) is 0 Å². The van der Waals surface area contributed by atoms with E-state index in [1.54, 1.807) is 0 Å². The molecule has 0 aliphatic carbocycles. The minimum absolute atomic E-state index is 0.208. The van der Waals surface area contributed by atoms with Crippen LogP contribution in [0.5, 0.6) is 0 Å². The molecule has 0 fully saturated rings. The Bertz CT molecular complexity index is 365. The van der Waals surface area contributed by atoms with Gasteiger partial charge in [0, 0.05) is 17.8 Å². The van der Waals surface area contributed by atoms with Gasteiger partial charge >= 0.3 is 0 Å². The molecule has 1 aliphatic rings. The van der Waals surface area contributed by atoms with Gasteiger partial charge in [-0.3, -0.25) is 4.79 Å². The highest BCUT2D eigenvalue weighted by Gasteiger charge is 2.08. The predicted molar refractivity (Wildman–Crippen MR) is 53.0 cm³/mol. The Morgan fingerprint density at radius 1 is 1.23 bits per heavy atom. The first-order valence-corrected chi connectivity index (χ1v) is 4.98. The second-order valence-electron chi connectivity index (χ2n) is 3.78. The standard InChI is InChI=1S/C11H15NO/c1-9-6-7-10-5-3-2-4-8-12(10)11(9)13/h6-7H,2-5,8H2,1H3. The number of pyridine rings is 1. The molecule has 0 atom stereocenters. The van der Waals surface area contributed by atoms with Gasteiger partial charge in [-0.1, -0.05) is 12.5 Å². The van der Waals surface area contributed by atoms with Crippen LogP contribution >= 0.6 is 0 Å². The average Bonchev–Trinajstić information content (AvgIpc) is 2.36.